The van der Waals surface area contributed by atoms with Crippen LogP contribution in [0.25, 0.3) is 5.53 Å². The molecule has 0 unspecified atom stereocenters. The molecule has 0 saturated heterocycles. The van der Waals surface area contributed by atoms with Gasteiger partial charge in [0, 0.05) is 24.6 Å². The van der Waals surface area contributed by atoms with Crippen LogP contribution in [0.5, 0.6) is 5.75 Å². The second-order valence-electron chi connectivity index (χ2n) is 7.03. The summed E-state index contributed by atoms with van der Waals surface area (Å²) in [6, 6.07) is 29.4. The Bertz CT molecular complexity index is 1150. The lowest BCUT2D eigenvalue weighted by atomic mass is 10.0. The predicted octanol–water partition coefficient (Wildman–Crippen LogP) is 5.34. The van der Waals surface area contributed by atoms with Gasteiger partial charge >= 0.3 is 5.71 Å². The number of anilines is 1. The van der Waals surface area contributed by atoms with Gasteiger partial charge in [0.05, 0.1) is 11.1 Å². The van der Waals surface area contributed by atoms with Crippen molar-refractivity contribution in [3.05, 3.63) is 131 Å². The second kappa shape index (κ2) is 10.0. The summed E-state index contributed by atoms with van der Waals surface area (Å²) in [7, 11) is 0. The fourth-order valence-electron chi connectivity index (χ4n) is 3.18. The molecule has 0 saturated carbocycles. The Morgan fingerprint density at radius 2 is 1.42 bits per heavy atom. The zero-order valence-electron chi connectivity index (χ0n) is 17.0. The number of ether oxygens (including phenoxy) is 1. The number of hydrogen-bond acceptors (Lipinski definition) is 3. The zero-order chi connectivity index (χ0) is 21.3. The van der Waals surface area contributed by atoms with Crippen molar-refractivity contribution in [2.45, 2.75) is 13.2 Å². The lowest BCUT2D eigenvalue weighted by Gasteiger charge is -2.09. The Morgan fingerprint density at radius 3 is 2.10 bits per heavy atom. The Labute approximate surface area is 181 Å². The lowest BCUT2D eigenvalue weighted by Crippen LogP contribution is -2.05. The number of hydrogen-bond donors (Lipinski definition) is 1. The molecule has 0 fully saturated rings. The topological polar surface area (TPSA) is 70.6 Å². The molecule has 1 N–H and O–H groups in total. The van der Waals surface area contributed by atoms with Crippen LogP contribution in [0.15, 0.2) is 103 Å². The van der Waals surface area contributed by atoms with Crippen molar-refractivity contribution in [3.8, 4) is 5.75 Å². The molecule has 0 aliphatic carbocycles. The van der Waals surface area contributed by atoms with Gasteiger partial charge in [-0.15, -0.1) is 0 Å². The van der Waals surface area contributed by atoms with Crippen LogP contribution >= 0.6 is 0 Å². The molecule has 4 aromatic rings. The van der Waals surface area contributed by atoms with Gasteiger partial charge in [0.15, 0.2) is 0 Å². The van der Waals surface area contributed by atoms with Gasteiger partial charge in [-0.3, -0.25) is 4.98 Å². The van der Waals surface area contributed by atoms with Crippen molar-refractivity contribution in [2.24, 2.45) is 0 Å². The molecular formula is C26H22N4O. The number of nitrogens with one attached hydrogen (secondary N) is 1. The summed E-state index contributed by atoms with van der Waals surface area (Å²) in [4.78, 5) is 7.49. The Morgan fingerprint density at radius 1 is 0.774 bits per heavy atom. The van der Waals surface area contributed by atoms with Gasteiger partial charge in [-0.05, 0) is 59.7 Å². The summed E-state index contributed by atoms with van der Waals surface area (Å²) in [5.41, 5.74) is 15.0. The molecule has 1 heterocycles. The minimum atomic E-state index is 0.464. The summed E-state index contributed by atoms with van der Waals surface area (Å²) in [5.74, 6) is 0.818. The molecule has 0 atom stereocenters. The summed E-state index contributed by atoms with van der Waals surface area (Å²) in [6.45, 7) is 1.20. The quantitative estimate of drug-likeness (QED) is 0.244. The minimum Gasteiger partial charge on any atom is -0.489 e. The predicted molar refractivity (Wildman–Crippen MR) is 122 cm³/mol. The molecule has 3 aromatic carbocycles. The van der Waals surface area contributed by atoms with Crippen LogP contribution in [0, 0.1) is 0 Å². The maximum Gasteiger partial charge on any atom is 0.329 e. The summed E-state index contributed by atoms with van der Waals surface area (Å²) in [5, 5.41) is 3.36. The second-order valence-corrected chi connectivity index (χ2v) is 7.03. The number of nitrogens with zero attached hydrogens (tertiary/aromatic N) is 3. The van der Waals surface area contributed by atoms with E-state index in [-0.39, 0.29) is 0 Å². The first kappa shape index (κ1) is 20.1. The molecular weight excluding hydrogens is 384 g/mol. The van der Waals surface area contributed by atoms with E-state index < -0.39 is 0 Å². The van der Waals surface area contributed by atoms with Crippen molar-refractivity contribution in [1.82, 2.24) is 4.98 Å². The van der Waals surface area contributed by atoms with Crippen molar-refractivity contribution < 1.29 is 9.53 Å². The van der Waals surface area contributed by atoms with Crippen LogP contribution < -0.4 is 10.1 Å². The molecule has 0 amide bonds. The SMILES string of the molecule is [N-]=[N+]=C(c1ccccc1)c1ccc(COc2ccc(CNc3ccncc3)cc2)cc1. The third kappa shape index (κ3) is 5.44. The maximum absolute atomic E-state index is 9.44. The first-order chi connectivity index (χ1) is 15.3. The average Bonchev–Trinajstić information content (AvgIpc) is 2.85. The van der Waals surface area contributed by atoms with Crippen molar-refractivity contribution in [2.75, 3.05) is 5.32 Å². The molecule has 0 spiro atoms. The average molecular weight is 406 g/mol. The molecule has 1 aromatic heterocycles. The van der Waals surface area contributed by atoms with E-state index in [1.54, 1.807) is 12.4 Å². The van der Waals surface area contributed by atoms with Crippen molar-refractivity contribution in [1.29, 1.82) is 0 Å². The first-order valence-corrected chi connectivity index (χ1v) is 10.0. The zero-order valence-corrected chi connectivity index (χ0v) is 17.0. The van der Waals surface area contributed by atoms with Crippen molar-refractivity contribution >= 4 is 11.4 Å². The minimum absolute atomic E-state index is 0.464. The Balaban J connectivity index is 1.32. The molecule has 0 bridgehead atoms. The van der Waals surface area contributed by atoms with E-state index in [2.05, 4.69) is 27.2 Å². The molecule has 0 aliphatic rings. The van der Waals surface area contributed by atoms with E-state index in [9.17, 15) is 5.53 Å². The molecule has 5 nitrogen and oxygen atoms in total. The Kier molecular flexibility index (Phi) is 6.48. The Hall–Kier alpha value is -4.21. The number of rotatable bonds is 8. The highest BCUT2D eigenvalue weighted by Crippen LogP contribution is 2.17. The molecule has 152 valence electrons. The fraction of sp³-hybridized carbons (Fsp3) is 0.0769. The third-order valence-electron chi connectivity index (χ3n) is 4.88. The highest BCUT2D eigenvalue weighted by molar-refractivity contribution is 6.09. The highest BCUT2D eigenvalue weighted by atomic mass is 16.5. The fourth-order valence-corrected chi connectivity index (χ4v) is 3.18. The van der Waals surface area contributed by atoms with E-state index in [0.717, 1.165) is 34.7 Å². The molecule has 0 radical (unpaired) electrons. The standard InChI is InChI=1S/C26H22N4O/c27-30-26(22-4-2-1-3-5-22)23-10-6-21(7-11-23)19-31-25-12-8-20(9-13-25)18-29-24-14-16-28-17-15-24/h1-17H,18-19H2,(H,28,29). The summed E-state index contributed by atoms with van der Waals surface area (Å²) in [6.07, 6.45) is 3.54. The summed E-state index contributed by atoms with van der Waals surface area (Å²) >= 11 is 0. The summed E-state index contributed by atoms with van der Waals surface area (Å²) < 4.78 is 5.91. The smallest absolute Gasteiger partial charge is 0.329 e. The van der Waals surface area contributed by atoms with Crippen LogP contribution in [0.4, 0.5) is 5.69 Å². The van der Waals surface area contributed by atoms with E-state index >= 15 is 0 Å². The number of pyridine rings is 1. The normalized spacial score (nSPS) is 10.2. The van der Waals surface area contributed by atoms with Crippen LogP contribution in [-0.2, 0) is 13.2 Å². The van der Waals surface area contributed by atoms with Gasteiger partial charge in [0.2, 0.25) is 0 Å². The van der Waals surface area contributed by atoms with E-state index in [1.165, 1.54) is 5.56 Å². The first-order valence-electron chi connectivity index (χ1n) is 10.0. The van der Waals surface area contributed by atoms with E-state index in [0.29, 0.717) is 12.3 Å². The largest absolute Gasteiger partial charge is 0.489 e. The van der Waals surface area contributed by atoms with Gasteiger partial charge in [-0.1, -0.05) is 42.5 Å². The molecule has 0 aliphatic heterocycles. The lowest BCUT2D eigenvalue weighted by molar-refractivity contribution is -0.00279. The monoisotopic (exact) mass is 406 g/mol. The molecule has 4 rings (SSSR count). The third-order valence-corrected chi connectivity index (χ3v) is 4.88. The molecule has 5 heteroatoms. The van der Waals surface area contributed by atoms with Crippen LogP contribution in [0.3, 0.4) is 0 Å². The van der Waals surface area contributed by atoms with Gasteiger partial charge in [0.1, 0.15) is 12.4 Å². The van der Waals surface area contributed by atoms with Crippen LogP contribution in [0.2, 0.25) is 0 Å². The van der Waals surface area contributed by atoms with Crippen LogP contribution in [-0.4, -0.2) is 15.5 Å². The van der Waals surface area contributed by atoms with E-state index in [4.69, 9.17) is 4.74 Å². The molecule has 31 heavy (non-hydrogen) atoms. The highest BCUT2D eigenvalue weighted by Gasteiger charge is 2.14. The van der Waals surface area contributed by atoms with Gasteiger partial charge < -0.3 is 15.6 Å². The maximum atomic E-state index is 9.44. The van der Waals surface area contributed by atoms with Gasteiger partial charge in [-0.25, -0.2) is 0 Å². The van der Waals surface area contributed by atoms with Crippen molar-refractivity contribution in [3.63, 3.8) is 0 Å². The van der Waals surface area contributed by atoms with Gasteiger partial charge in [-0.2, -0.15) is 4.79 Å². The number of aromatic nitrogens is 1. The van der Waals surface area contributed by atoms with E-state index in [1.807, 2.05) is 78.9 Å². The van der Waals surface area contributed by atoms with Crippen LogP contribution in [0.1, 0.15) is 22.3 Å². The number of benzene rings is 3. The van der Waals surface area contributed by atoms with Gasteiger partial charge in [0.25, 0.3) is 0 Å².